The number of nitrogens with one attached hydrogen (secondary N) is 1. The number of carbonyl (C=O) groups excluding carboxylic acids is 2. The zero-order valence-corrected chi connectivity index (χ0v) is 15.1. The van der Waals surface area contributed by atoms with Crippen molar-refractivity contribution in [2.24, 2.45) is 0 Å². The molecule has 1 aliphatic carbocycles. The minimum atomic E-state index is -4.74. The lowest BCUT2D eigenvalue weighted by Crippen LogP contribution is -2.44. The van der Waals surface area contributed by atoms with Gasteiger partial charge in [-0.15, -0.1) is 0 Å². The molecule has 0 fully saturated rings. The second-order valence-corrected chi connectivity index (χ2v) is 6.10. The van der Waals surface area contributed by atoms with Crippen molar-refractivity contribution in [1.29, 1.82) is 0 Å². The van der Waals surface area contributed by atoms with Crippen LogP contribution in [-0.4, -0.2) is 37.4 Å². The number of methoxy groups -OCH3 is 1. The fourth-order valence-corrected chi connectivity index (χ4v) is 2.69. The Morgan fingerprint density at radius 3 is 2.37 bits per heavy atom. The lowest BCUT2D eigenvalue weighted by molar-refractivity contribution is -0.140. The van der Waals surface area contributed by atoms with Crippen LogP contribution in [0.4, 0.5) is 13.2 Å². The molecule has 1 N–H and O–H groups in total. The maximum atomic E-state index is 13.5. The smallest absolute Gasteiger partial charge is 0.413 e. The number of hydrogen-bond acceptors (Lipinski definition) is 4. The molecular formula is C19H20F3NO4. The van der Waals surface area contributed by atoms with E-state index in [2.05, 4.69) is 5.32 Å². The van der Waals surface area contributed by atoms with Gasteiger partial charge in [0.1, 0.15) is 5.60 Å². The van der Waals surface area contributed by atoms with E-state index in [1.165, 1.54) is 21.0 Å². The van der Waals surface area contributed by atoms with Crippen LogP contribution in [0.2, 0.25) is 0 Å². The quantitative estimate of drug-likeness (QED) is 0.790. The fraction of sp³-hybridized carbons (Fsp3) is 0.368. The molecule has 0 radical (unpaired) electrons. The van der Waals surface area contributed by atoms with Crippen LogP contribution in [0.1, 0.15) is 30.6 Å². The number of hydrogen-bond donors (Lipinski definition) is 1. The van der Waals surface area contributed by atoms with Crippen molar-refractivity contribution in [2.75, 3.05) is 13.7 Å². The molecule has 1 aromatic rings. The molecule has 146 valence electrons. The van der Waals surface area contributed by atoms with Gasteiger partial charge in [-0.25, -0.2) is 4.79 Å². The Hall–Kier alpha value is -2.61. The topological polar surface area (TPSA) is 64.6 Å². The Morgan fingerprint density at radius 1 is 1.22 bits per heavy atom. The first-order valence-corrected chi connectivity index (χ1v) is 8.23. The van der Waals surface area contributed by atoms with Crippen molar-refractivity contribution in [3.8, 4) is 0 Å². The molecule has 0 aromatic heterocycles. The Balaban J connectivity index is 2.49. The zero-order valence-electron chi connectivity index (χ0n) is 15.1. The van der Waals surface area contributed by atoms with Gasteiger partial charge in [0.05, 0.1) is 23.5 Å². The van der Waals surface area contributed by atoms with Crippen molar-refractivity contribution in [2.45, 2.75) is 32.0 Å². The van der Waals surface area contributed by atoms with E-state index in [0.29, 0.717) is 5.56 Å². The van der Waals surface area contributed by atoms with Gasteiger partial charge in [0.15, 0.2) is 0 Å². The number of halogens is 3. The van der Waals surface area contributed by atoms with Crippen LogP contribution in [0.25, 0.3) is 0 Å². The first kappa shape index (κ1) is 20.7. The van der Waals surface area contributed by atoms with Gasteiger partial charge < -0.3 is 14.8 Å². The minimum absolute atomic E-state index is 0.0508. The van der Waals surface area contributed by atoms with Crippen LogP contribution in [0, 0.1) is 0 Å². The van der Waals surface area contributed by atoms with Gasteiger partial charge in [-0.2, -0.15) is 13.2 Å². The number of alkyl halides is 3. The van der Waals surface area contributed by atoms with E-state index in [1.807, 2.05) is 0 Å². The second kappa shape index (κ2) is 7.96. The van der Waals surface area contributed by atoms with Gasteiger partial charge in [0.2, 0.25) is 0 Å². The highest BCUT2D eigenvalue weighted by molar-refractivity contribution is 5.97. The molecule has 1 aromatic carbocycles. The minimum Gasteiger partial charge on any atom is -0.462 e. The number of rotatable bonds is 5. The summed E-state index contributed by atoms with van der Waals surface area (Å²) in [6, 6.07) is 8.17. The molecule has 0 spiro atoms. The molecule has 5 nitrogen and oxygen atoms in total. The van der Waals surface area contributed by atoms with Gasteiger partial charge in [-0.3, -0.25) is 4.79 Å². The maximum absolute atomic E-state index is 13.5. The molecule has 0 heterocycles. The van der Waals surface area contributed by atoms with Gasteiger partial charge in [0.25, 0.3) is 5.91 Å². The summed E-state index contributed by atoms with van der Waals surface area (Å²) in [4.78, 5) is 24.5. The van der Waals surface area contributed by atoms with E-state index in [9.17, 15) is 22.8 Å². The molecule has 2 rings (SSSR count). The highest BCUT2D eigenvalue weighted by Gasteiger charge is 2.47. The summed E-state index contributed by atoms with van der Waals surface area (Å²) in [6.07, 6.45) is -4.40. The first-order chi connectivity index (χ1) is 12.6. The van der Waals surface area contributed by atoms with Crippen LogP contribution in [0.5, 0.6) is 0 Å². The van der Waals surface area contributed by atoms with E-state index >= 15 is 0 Å². The fourth-order valence-electron chi connectivity index (χ4n) is 2.69. The molecule has 0 aliphatic heterocycles. The number of benzene rings is 1. The normalized spacial score (nSPS) is 20.1. The number of ether oxygens (including phenoxy) is 2. The predicted molar refractivity (Wildman–Crippen MR) is 91.7 cm³/mol. The monoisotopic (exact) mass is 383 g/mol. The van der Waals surface area contributed by atoms with E-state index in [-0.39, 0.29) is 12.3 Å². The maximum Gasteiger partial charge on any atom is 0.413 e. The molecule has 1 atom stereocenters. The van der Waals surface area contributed by atoms with Crippen LogP contribution >= 0.6 is 0 Å². The molecule has 1 aliphatic rings. The largest absolute Gasteiger partial charge is 0.462 e. The van der Waals surface area contributed by atoms with Crippen molar-refractivity contribution in [3.63, 3.8) is 0 Å². The van der Waals surface area contributed by atoms with Crippen LogP contribution in [-0.2, 0) is 14.3 Å². The lowest BCUT2D eigenvalue weighted by Gasteiger charge is -2.36. The zero-order chi connectivity index (χ0) is 20.2. The molecular weight excluding hydrogens is 363 g/mol. The van der Waals surface area contributed by atoms with Crippen molar-refractivity contribution in [1.82, 2.24) is 5.32 Å². The Kier molecular flexibility index (Phi) is 6.10. The molecule has 1 unspecified atom stereocenters. The molecule has 8 heteroatoms. The predicted octanol–water partition coefficient (Wildman–Crippen LogP) is 3.53. The Morgan fingerprint density at radius 2 is 1.85 bits per heavy atom. The van der Waals surface area contributed by atoms with E-state index in [0.717, 1.165) is 6.08 Å². The molecule has 1 amide bonds. The van der Waals surface area contributed by atoms with Crippen molar-refractivity contribution >= 4 is 11.9 Å². The van der Waals surface area contributed by atoms with Crippen LogP contribution in [0.15, 0.2) is 53.3 Å². The Bertz CT molecular complexity index is 784. The van der Waals surface area contributed by atoms with Crippen LogP contribution < -0.4 is 5.32 Å². The van der Waals surface area contributed by atoms with E-state index < -0.39 is 41.2 Å². The summed E-state index contributed by atoms with van der Waals surface area (Å²) < 4.78 is 50.5. The van der Waals surface area contributed by atoms with Crippen molar-refractivity contribution in [3.05, 3.63) is 58.8 Å². The highest BCUT2D eigenvalue weighted by atomic mass is 19.4. The standard InChI is InChI=1S/C19H20F3NO4/c1-4-27-17(25)13-10-15(23-16(24)12-8-6-5-7-9-12)18(2,26-3)11-14(13)19(20,21)22/h5-10H,4,11H2,1-3H3,(H,23,24). The van der Waals surface area contributed by atoms with E-state index in [1.54, 1.807) is 30.3 Å². The summed E-state index contributed by atoms with van der Waals surface area (Å²) in [5.74, 6) is -1.63. The number of esters is 1. The summed E-state index contributed by atoms with van der Waals surface area (Å²) in [7, 11) is 1.24. The Labute approximate surface area is 154 Å². The number of carbonyl (C=O) groups is 2. The highest BCUT2D eigenvalue weighted by Crippen LogP contribution is 2.42. The third-order valence-corrected chi connectivity index (χ3v) is 4.27. The third kappa shape index (κ3) is 4.57. The molecule has 0 saturated carbocycles. The van der Waals surface area contributed by atoms with Gasteiger partial charge in [-0.05, 0) is 32.1 Å². The molecule has 0 saturated heterocycles. The summed E-state index contributed by atoms with van der Waals surface area (Å²) in [5.41, 5.74) is -2.79. The van der Waals surface area contributed by atoms with Gasteiger partial charge in [0, 0.05) is 19.1 Å². The molecule has 0 bridgehead atoms. The summed E-state index contributed by atoms with van der Waals surface area (Å²) >= 11 is 0. The lowest BCUT2D eigenvalue weighted by atomic mass is 9.83. The van der Waals surface area contributed by atoms with Crippen molar-refractivity contribution < 1.29 is 32.2 Å². The SMILES string of the molecule is CCOC(=O)C1=C(C(F)(F)F)CC(C)(OC)C(NC(=O)c2ccccc2)=C1. The number of amides is 1. The van der Waals surface area contributed by atoms with Gasteiger partial charge in [-0.1, -0.05) is 18.2 Å². The van der Waals surface area contributed by atoms with E-state index in [4.69, 9.17) is 9.47 Å². The average Bonchev–Trinajstić information content (AvgIpc) is 2.63. The van der Waals surface area contributed by atoms with Crippen LogP contribution in [0.3, 0.4) is 0 Å². The second-order valence-electron chi connectivity index (χ2n) is 6.10. The summed E-state index contributed by atoms with van der Waals surface area (Å²) in [5, 5.41) is 2.56. The average molecular weight is 383 g/mol. The first-order valence-electron chi connectivity index (χ1n) is 8.23. The van der Waals surface area contributed by atoms with Gasteiger partial charge >= 0.3 is 12.1 Å². The summed E-state index contributed by atoms with van der Waals surface area (Å²) in [6.45, 7) is 2.84. The molecule has 27 heavy (non-hydrogen) atoms. The third-order valence-electron chi connectivity index (χ3n) is 4.27.